The lowest BCUT2D eigenvalue weighted by Crippen LogP contribution is -2.36. The molecule has 3 aromatic rings. The van der Waals surface area contributed by atoms with Gasteiger partial charge in [0.15, 0.2) is 11.0 Å². The topological polar surface area (TPSA) is 96.1 Å². The minimum Gasteiger partial charge on any atom is -0.379 e. The highest BCUT2D eigenvalue weighted by Gasteiger charge is 2.23. The molecule has 0 unspecified atom stereocenters. The number of aryl methyl sites for hydroxylation is 1. The van der Waals surface area contributed by atoms with Crippen molar-refractivity contribution in [1.29, 1.82) is 5.26 Å². The van der Waals surface area contributed by atoms with Gasteiger partial charge in [0, 0.05) is 28.7 Å². The molecule has 11 heteroatoms. The number of anilines is 1. The molecule has 0 radical (unpaired) electrons. The van der Waals surface area contributed by atoms with Gasteiger partial charge in [-0.1, -0.05) is 23.4 Å². The third-order valence-electron chi connectivity index (χ3n) is 6.12. The summed E-state index contributed by atoms with van der Waals surface area (Å²) in [5.41, 5.74) is 2.63. The molecule has 1 N–H and O–H groups in total. The van der Waals surface area contributed by atoms with Gasteiger partial charge in [-0.3, -0.25) is 14.3 Å². The monoisotopic (exact) mass is 528 g/mol. The molecule has 1 amide bonds. The van der Waals surface area contributed by atoms with Crippen LogP contribution in [-0.4, -0.2) is 57.6 Å². The summed E-state index contributed by atoms with van der Waals surface area (Å²) in [6.45, 7) is 3.72. The fraction of sp³-hybridized carbons (Fsp3) is 0.417. The number of morpholine rings is 1. The van der Waals surface area contributed by atoms with Gasteiger partial charge in [0.2, 0.25) is 5.91 Å². The number of hydrogen-bond acceptors (Lipinski definition) is 8. The van der Waals surface area contributed by atoms with E-state index in [-0.39, 0.29) is 11.7 Å². The van der Waals surface area contributed by atoms with Crippen LogP contribution in [0.4, 0.5) is 5.00 Å². The number of ether oxygens (including phenoxy) is 1. The number of thiophene rings is 1. The number of hydrogen-bond donors (Lipinski definition) is 1. The number of carbonyl (C=O) groups is 1. The van der Waals surface area contributed by atoms with E-state index < -0.39 is 0 Å². The van der Waals surface area contributed by atoms with E-state index in [9.17, 15) is 10.1 Å². The first-order valence-corrected chi connectivity index (χ1v) is 13.8. The summed E-state index contributed by atoms with van der Waals surface area (Å²) >= 11 is 8.97. The molecule has 0 bridgehead atoms. The second-order valence-electron chi connectivity index (χ2n) is 8.46. The molecule has 5 rings (SSSR count). The first-order valence-electron chi connectivity index (χ1n) is 11.6. The number of carbonyl (C=O) groups excluding carboxylic acids is 1. The Labute approximate surface area is 217 Å². The second kappa shape index (κ2) is 11.1. The number of nitriles is 1. The van der Waals surface area contributed by atoms with Crippen molar-refractivity contribution in [2.45, 2.75) is 37.4 Å². The molecule has 0 atom stereocenters. The SMILES string of the molecule is N#Cc1c(NC(=O)CSc2nnc(CN3CCOCC3)n2-c2ccc(Cl)cc2)sc2c1CCCC2. The van der Waals surface area contributed by atoms with Crippen molar-refractivity contribution in [3.05, 3.63) is 51.1 Å². The van der Waals surface area contributed by atoms with Crippen LogP contribution >= 0.6 is 34.7 Å². The molecule has 35 heavy (non-hydrogen) atoms. The van der Waals surface area contributed by atoms with Crippen LogP contribution in [0, 0.1) is 11.3 Å². The van der Waals surface area contributed by atoms with E-state index in [1.165, 1.54) is 28.0 Å². The average molecular weight is 529 g/mol. The Morgan fingerprint density at radius 2 is 1.97 bits per heavy atom. The average Bonchev–Trinajstić information content (AvgIpc) is 3.44. The molecule has 0 spiro atoms. The van der Waals surface area contributed by atoms with E-state index in [2.05, 4.69) is 26.5 Å². The summed E-state index contributed by atoms with van der Waals surface area (Å²) in [6, 6.07) is 9.81. The lowest BCUT2D eigenvalue weighted by molar-refractivity contribution is -0.113. The van der Waals surface area contributed by atoms with Crippen molar-refractivity contribution in [2.24, 2.45) is 0 Å². The number of benzene rings is 1. The van der Waals surface area contributed by atoms with Crippen molar-refractivity contribution >= 4 is 45.6 Å². The van der Waals surface area contributed by atoms with E-state index >= 15 is 0 Å². The minimum absolute atomic E-state index is 0.162. The van der Waals surface area contributed by atoms with E-state index in [4.69, 9.17) is 16.3 Å². The Morgan fingerprint density at radius 1 is 1.20 bits per heavy atom. The van der Waals surface area contributed by atoms with Gasteiger partial charge < -0.3 is 10.1 Å². The predicted molar refractivity (Wildman–Crippen MR) is 137 cm³/mol. The van der Waals surface area contributed by atoms with Gasteiger partial charge in [0.25, 0.3) is 0 Å². The van der Waals surface area contributed by atoms with Crippen molar-refractivity contribution in [3.8, 4) is 11.8 Å². The maximum absolute atomic E-state index is 12.9. The Balaban J connectivity index is 1.32. The van der Waals surface area contributed by atoms with Crippen molar-refractivity contribution in [1.82, 2.24) is 19.7 Å². The van der Waals surface area contributed by atoms with Gasteiger partial charge in [0.05, 0.1) is 31.1 Å². The standard InChI is InChI=1S/C24H25ClN6O2S2/c25-16-5-7-17(8-6-16)31-21(14-30-9-11-33-12-10-30)28-29-24(31)34-15-22(32)27-23-19(13-26)18-3-1-2-4-20(18)35-23/h5-8H,1-4,9-12,14-15H2,(H,27,32). The number of amides is 1. The molecule has 2 aromatic heterocycles. The van der Waals surface area contributed by atoms with E-state index in [0.717, 1.165) is 55.8 Å². The predicted octanol–water partition coefficient (Wildman–Crippen LogP) is 4.30. The van der Waals surface area contributed by atoms with Gasteiger partial charge >= 0.3 is 0 Å². The van der Waals surface area contributed by atoms with Crippen LogP contribution in [0.1, 0.15) is 34.7 Å². The highest BCUT2D eigenvalue weighted by atomic mass is 35.5. The summed E-state index contributed by atoms with van der Waals surface area (Å²) in [5, 5.41) is 23.4. The van der Waals surface area contributed by atoms with Crippen LogP contribution in [0.2, 0.25) is 5.02 Å². The summed E-state index contributed by atoms with van der Waals surface area (Å²) in [5.74, 6) is 0.803. The molecule has 1 aliphatic heterocycles. The third kappa shape index (κ3) is 5.55. The maximum atomic E-state index is 12.9. The smallest absolute Gasteiger partial charge is 0.235 e. The molecule has 1 aromatic carbocycles. The third-order valence-corrected chi connectivity index (χ3v) is 8.51. The van der Waals surface area contributed by atoms with Gasteiger partial charge in [-0.25, -0.2) is 0 Å². The molecule has 3 heterocycles. The van der Waals surface area contributed by atoms with Gasteiger partial charge in [-0.15, -0.1) is 21.5 Å². The number of rotatable bonds is 7. The molecule has 1 saturated heterocycles. The molecule has 1 aliphatic carbocycles. The second-order valence-corrected chi connectivity index (χ2v) is 10.9. The van der Waals surface area contributed by atoms with Gasteiger partial charge in [-0.2, -0.15) is 5.26 Å². The fourth-order valence-electron chi connectivity index (χ4n) is 4.37. The molecule has 0 saturated carbocycles. The summed E-state index contributed by atoms with van der Waals surface area (Å²) < 4.78 is 7.44. The first-order chi connectivity index (χ1) is 17.1. The highest BCUT2D eigenvalue weighted by Crippen LogP contribution is 2.37. The van der Waals surface area contributed by atoms with Crippen molar-refractivity contribution in [3.63, 3.8) is 0 Å². The van der Waals surface area contributed by atoms with Crippen LogP contribution in [0.3, 0.4) is 0 Å². The summed E-state index contributed by atoms with van der Waals surface area (Å²) in [6.07, 6.45) is 4.12. The number of thioether (sulfide) groups is 1. The maximum Gasteiger partial charge on any atom is 0.235 e. The first kappa shape index (κ1) is 24.3. The molecule has 2 aliphatic rings. The summed E-state index contributed by atoms with van der Waals surface area (Å²) in [7, 11) is 0. The Hall–Kier alpha value is -2.42. The molecule has 1 fully saturated rings. The molecular weight excluding hydrogens is 504 g/mol. The van der Waals surface area contributed by atoms with Crippen LogP contribution in [-0.2, 0) is 28.9 Å². The fourth-order valence-corrected chi connectivity index (χ4v) is 6.52. The minimum atomic E-state index is -0.162. The zero-order valence-corrected chi connectivity index (χ0v) is 21.5. The normalized spacial score (nSPS) is 16.0. The molecule has 8 nitrogen and oxygen atoms in total. The number of fused-ring (bicyclic) bond motifs is 1. The van der Waals surface area contributed by atoms with Crippen LogP contribution in [0.25, 0.3) is 5.69 Å². The zero-order valence-electron chi connectivity index (χ0n) is 19.1. The molecular formula is C24H25ClN6O2S2. The zero-order chi connectivity index (χ0) is 24.2. The van der Waals surface area contributed by atoms with Crippen molar-refractivity contribution < 1.29 is 9.53 Å². The Kier molecular flexibility index (Phi) is 7.70. The lowest BCUT2D eigenvalue weighted by atomic mass is 9.96. The number of nitrogens with one attached hydrogen (secondary N) is 1. The quantitative estimate of drug-likeness (QED) is 0.457. The van der Waals surface area contributed by atoms with Gasteiger partial charge in [-0.05, 0) is 55.5 Å². The van der Waals surface area contributed by atoms with E-state index in [1.54, 1.807) is 0 Å². The largest absolute Gasteiger partial charge is 0.379 e. The highest BCUT2D eigenvalue weighted by molar-refractivity contribution is 7.99. The van der Waals surface area contributed by atoms with E-state index in [1.807, 2.05) is 28.8 Å². The van der Waals surface area contributed by atoms with Crippen LogP contribution in [0.15, 0.2) is 29.4 Å². The Morgan fingerprint density at radius 3 is 2.74 bits per heavy atom. The van der Waals surface area contributed by atoms with E-state index in [0.29, 0.717) is 40.5 Å². The summed E-state index contributed by atoms with van der Waals surface area (Å²) in [4.78, 5) is 16.4. The number of nitrogens with zero attached hydrogens (tertiary/aromatic N) is 5. The molecule has 182 valence electrons. The van der Waals surface area contributed by atoms with Crippen LogP contribution < -0.4 is 5.32 Å². The van der Waals surface area contributed by atoms with Gasteiger partial charge in [0.1, 0.15) is 11.1 Å². The Bertz CT molecular complexity index is 1240. The van der Waals surface area contributed by atoms with Crippen LogP contribution in [0.5, 0.6) is 0 Å². The number of aromatic nitrogens is 3. The lowest BCUT2D eigenvalue weighted by Gasteiger charge is -2.26. The number of halogens is 1. The van der Waals surface area contributed by atoms with Crippen molar-refractivity contribution in [2.75, 3.05) is 37.4 Å².